The maximum Gasteiger partial charge on any atom is 0.299 e. The summed E-state index contributed by atoms with van der Waals surface area (Å²) in [6, 6.07) is 4.69. The van der Waals surface area contributed by atoms with E-state index in [2.05, 4.69) is 11.9 Å². The number of carbonyl (C=O) groups is 3. The lowest BCUT2D eigenvalue weighted by Gasteiger charge is -2.16. The van der Waals surface area contributed by atoms with Crippen LogP contribution in [0, 0.1) is 0 Å². The molecule has 6 heteroatoms. The van der Waals surface area contributed by atoms with Crippen LogP contribution >= 0.6 is 0 Å². The molecule has 1 aromatic carbocycles. The number of nitrogens with one attached hydrogen (secondary N) is 1. The first-order valence-electron chi connectivity index (χ1n) is 6.00. The second kappa shape index (κ2) is 5.56. The molecule has 0 spiro atoms. The summed E-state index contributed by atoms with van der Waals surface area (Å²) < 4.78 is 5.07. The third kappa shape index (κ3) is 2.40. The van der Waals surface area contributed by atoms with Crippen LogP contribution in [0.3, 0.4) is 0 Å². The minimum atomic E-state index is -0.706. The van der Waals surface area contributed by atoms with Crippen molar-refractivity contribution in [2.75, 3.05) is 25.1 Å². The molecule has 6 nitrogen and oxygen atoms in total. The zero-order valence-electron chi connectivity index (χ0n) is 11.0. The molecule has 0 saturated carbocycles. The first kappa shape index (κ1) is 13.8. The van der Waals surface area contributed by atoms with Gasteiger partial charge in [-0.2, -0.15) is 0 Å². The topological polar surface area (TPSA) is 75.7 Å². The first-order valence-corrected chi connectivity index (χ1v) is 6.00. The van der Waals surface area contributed by atoms with Gasteiger partial charge < -0.3 is 10.1 Å². The van der Waals surface area contributed by atoms with Crippen molar-refractivity contribution in [3.63, 3.8) is 0 Å². The number of fused-ring (bicyclic) bond motifs is 1. The van der Waals surface area contributed by atoms with Crippen LogP contribution in [0.25, 0.3) is 0 Å². The summed E-state index contributed by atoms with van der Waals surface area (Å²) in [5, 5.41) is 2.56. The number of anilines is 1. The van der Waals surface area contributed by atoms with Crippen molar-refractivity contribution in [3.05, 3.63) is 36.4 Å². The summed E-state index contributed by atoms with van der Waals surface area (Å²) >= 11 is 0. The van der Waals surface area contributed by atoms with Gasteiger partial charge in [-0.05, 0) is 12.1 Å². The molecule has 2 amide bonds. The Labute approximate surface area is 116 Å². The molecular weight excluding hydrogens is 260 g/mol. The van der Waals surface area contributed by atoms with Gasteiger partial charge in [0.15, 0.2) is 0 Å². The SMILES string of the molecule is C=CCNC(=O)CN1C(=O)C(=O)c2ccc(OC)cc21. The van der Waals surface area contributed by atoms with Crippen molar-refractivity contribution in [1.29, 1.82) is 0 Å². The van der Waals surface area contributed by atoms with Gasteiger partial charge in [-0.25, -0.2) is 0 Å². The minimum Gasteiger partial charge on any atom is -0.497 e. The molecule has 1 heterocycles. The highest BCUT2D eigenvalue weighted by Gasteiger charge is 2.36. The summed E-state index contributed by atoms with van der Waals surface area (Å²) in [5.74, 6) is -1.16. The molecule has 1 aliphatic heterocycles. The Kier molecular flexibility index (Phi) is 3.84. The van der Waals surface area contributed by atoms with E-state index in [9.17, 15) is 14.4 Å². The molecule has 1 N–H and O–H groups in total. The zero-order valence-corrected chi connectivity index (χ0v) is 11.0. The highest BCUT2D eigenvalue weighted by atomic mass is 16.5. The average Bonchev–Trinajstić information content (AvgIpc) is 2.69. The van der Waals surface area contributed by atoms with Crippen LogP contribution in [0.15, 0.2) is 30.9 Å². The molecular formula is C14H14N2O4. The van der Waals surface area contributed by atoms with Gasteiger partial charge in [-0.15, -0.1) is 6.58 Å². The number of nitrogens with zero attached hydrogens (tertiary/aromatic N) is 1. The predicted octanol–water partition coefficient (Wildman–Crippen LogP) is 0.527. The maximum absolute atomic E-state index is 11.9. The van der Waals surface area contributed by atoms with Crippen LogP contribution in [0.1, 0.15) is 10.4 Å². The van der Waals surface area contributed by atoms with Gasteiger partial charge in [0.25, 0.3) is 11.7 Å². The summed E-state index contributed by atoms with van der Waals surface area (Å²) in [6.07, 6.45) is 1.53. The lowest BCUT2D eigenvalue weighted by atomic mass is 10.1. The highest BCUT2D eigenvalue weighted by Crippen LogP contribution is 2.32. The summed E-state index contributed by atoms with van der Waals surface area (Å²) in [4.78, 5) is 36.6. The number of ketones is 1. The Morgan fingerprint density at radius 1 is 1.45 bits per heavy atom. The van der Waals surface area contributed by atoms with E-state index in [1.807, 2.05) is 0 Å². The highest BCUT2D eigenvalue weighted by molar-refractivity contribution is 6.52. The number of carbonyl (C=O) groups excluding carboxylic acids is 3. The Morgan fingerprint density at radius 3 is 2.85 bits per heavy atom. The van der Waals surface area contributed by atoms with Gasteiger partial charge in [0.2, 0.25) is 5.91 Å². The van der Waals surface area contributed by atoms with Gasteiger partial charge in [0.05, 0.1) is 18.4 Å². The molecule has 0 fully saturated rings. The Bertz CT molecular complexity index is 595. The summed E-state index contributed by atoms with van der Waals surface area (Å²) in [7, 11) is 1.49. The van der Waals surface area contributed by atoms with Crippen molar-refractivity contribution in [1.82, 2.24) is 5.32 Å². The number of benzene rings is 1. The quantitative estimate of drug-likeness (QED) is 0.627. The van der Waals surface area contributed by atoms with Crippen LogP contribution in [-0.4, -0.2) is 37.8 Å². The Balaban J connectivity index is 2.27. The Morgan fingerprint density at radius 2 is 2.20 bits per heavy atom. The van der Waals surface area contributed by atoms with Crippen LogP contribution in [0.4, 0.5) is 5.69 Å². The molecule has 0 aromatic heterocycles. The number of rotatable bonds is 5. The number of methoxy groups -OCH3 is 1. The van der Waals surface area contributed by atoms with E-state index in [4.69, 9.17) is 4.74 Å². The van der Waals surface area contributed by atoms with E-state index in [0.29, 0.717) is 18.0 Å². The fraction of sp³-hybridized carbons (Fsp3) is 0.214. The molecule has 104 valence electrons. The molecule has 0 saturated heterocycles. The van der Waals surface area contributed by atoms with Crippen LogP contribution in [0.5, 0.6) is 5.75 Å². The van der Waals surface area contributed by atoms with Gasteiger partial charge in [-0.3, -0.25) is 19.3 Å². The van der Waals surface area contributed by atoms with E-state index in [1.165, 1.54) is 19.3 Å². The molecule has 0 bridgehead atoms. The number of hydrogen-bond donors (Lipinski definition) is 1. The van der Waals surface area contributed by atoms with Gasteiger partial charge in [0, 0.05) is 12.6 Å². The number of hydrogen-bond acceptors (Lipinski definition) is 4. The Hall–Kier alpha value is -2.63. The molecule has 1 aromatic rings. The molecule has 2 rings (SSSR count). The maximum atomic E-state index is 11.9. The monoisotopic (exact) mass is 274 g/mol. The molecule has 0 radical (unpaired) electrons. The van der Waals surface area contributed by atoms with Gasteiger partial charge >= 0.3 is 0 Å². The van der Waals surface area contributed by atoms with Crippen molar-refractivity contribution in [2.45, 2.75) is 0 Å². The normalized spacial score (nSPS) is 13.2. The molecule has 0 unspecified atom stereocenters. The van der Waals surface area contributed by atoms with Crippen LogP contribution < -0.4 is 15.0 Å². The fourth-order valence-corrected chi connectivity index (χ4v) is 1.94. The summed E-state index contributed by atoms with van der Waals surface area (Å²) in [5.41, 5.74) is 0.681. The molecule has 0 atom stereocenters. The van der Waals surface area contributed by atoms with Crippen molar-refractivity contribution >= 4 is 23.3 Å². The van der Waals surface area contributed by atoms with Crippen molar-refractivity contribution in [2.24, 2.45) is 0 Å². The van der Waals surface area contributed by atoms with E-state index < -0.39 is 11.7 Å². The lowest BCUT2D eigenvalue weighted by molar-refractivity contribution is -0.122. The minimum absolute atomic E-state index is 0.210. The second-order valence-electron chi connectivity index (χ2n) is 4.20. The third-order valence-corrected chi connectivity index (χ3v) is 2.93. The molecule has 0 aliphatic carbocycles. The standard InChI is InChI=1S/C14H14N2O4/c1-3-6-15-12(17)8-16-11-7-9(20-2)4-5-10(11)13(18)14(16)19/h3-5,7H,1,6,8H2,2H3,(H,15,17). The van der Waals surface area contributed by atoms with Gasteiger partial charge in [0.1, 0.15) is 12.3 Å². The number of ether oxygens (including phenoxy) is 1. The van der Waals surface area contributed by atoms with E-state index in [1.54, 1.807) is 12.1 Å². The van der Waals surface area contributed by atoms with Gasteiger partial charge in [-0.1, -0.05) is 6.08 Å². The van der Waals surface area contributed by atoms with Crippen molar-refractivity contribution in [3.8, 4) is 5.75 Å². The molecule has 20 heavy (non-hydrogen) atoms. The fourth-order valence-electron chi connectivity index (χ4n) is 1.94. The molecule has 1 aliphatic rings. The van der Waals surface area contributed by atoms with E-state index in [0.717, 1.165) is 4.90 Å². The van der Waals surface area contributed by atoms with Crippen LogP contribution in [0.2, 0.25) is 0 Å². The third-order valence-electron chi connectivity index (χ3n) is 2.93. The largest absolute Gasteiger partial charge is 0.497 e. The second-order valence-corrected chi connectivity index (χ2v) is 4.20. The number of Topliss-reactive ketones (excluding diaryl/α,β-unsaturated/α-hetero) is 1. The summed E-state index contributed by atoms with van der Waals surface area (Å²) in [6.45, 7) is 3.58. The zero-order chi connectivity index (χ0) is 14.7. The average molecular weight is 274 g/mol. The van der Waals surface area contributed by atoms with Crippen molar-refractivity contribution < 1.29 is 19.1 Å². The van der Waals surface area contributed by atoms with E-state index >= 15 is 0 Å². The van der Waals surface area contributed by atoms with E-state index in [-0.39, 0.29) is 18.0 Å². The lowest BCUT2D eigenvalue weighted by Crippen LogP contribution is -2.40. The van der Waals surface area contributed by atoms with Crippen LogP contribution in [-0.2, 0) is 9.59 Å². The first-order chi connectivity index (χ1) is 9.58. The number of amides is 2. The predicted molar refractivity (Wildman–Crippen MR) is 72.9 cm³/mol. The smallest absolute Gasteiger partial charge is 0.299 e.